The van der Waals surface area contributed by atoms with Crippen molar-refractivity contribution in [2.24, 2.45) is 0 Å². The molecule has 0 spiro atoms. The zero-order valence-corrected chi connectivity index (χ0v) is 20.2. The summed E-state index contributed by atoms with van der Waals surface area (Å²) in [5.74, 6) is -1.54. The fourth-order valence-corrected chi connectivity index (χ4v) is 4.39. The fourth-order valence-electron chi connectivity index (χ4n) is 4.17. The van der Waals surface area contributed by atoms with E-state index in [1.807, 2.05) is 0 Å². The first-order valence-corrected chi connectivity index (χ1v) is 11.6. The van der Waals surface area contributed by atoms with E-state index in [4.69, 9.17) is 31.5 Å². The molecular weight excluding hydrogens is 505 g/mol. The Morgan fingerprint density at radius 1 is 1.08 bits per heavy atom. The van der Waals surface area contributed by atoms with Crippen LogP contribution in [0, 0.1) is 0 Å². The largest absolute Gasteiger partial charge is 0.459 e. The van der Waals surface area contributed by atoms with Crippen molar-refractivity contribution in [3.05, 3.63) is 83.3 Å². The number of nitrogens with zero attached hydrogens (tertiary/aromatic N) is 4. The molecule has 0 aliphatic carbocycles. The SMILES string of the molecule is C[C@@]1(F)C(OC(=O)c2ccccc2)C(COC(=O)c2ccccc2)OC1n1cnc2c(Cl)nc(N)nc21. The number of hydrogen-bond acceptors (Lipinski definition) is 9. The van der Waals surface area contributed by atoms with Gasteiger partial charge in [-0.25, -0.2) is 19.0 Å². The van der Waals surface area contributed by atoms with Gasteiger partial charge in [0.25, 0.3) is 0 Å². The first kappa shape index (κ1) is 24.6. The molecule has 3 heterocycles. The lowest BCUT2D eigenvalue weighted by molar-refractivity contribution is -0.0611. The molecule has 0 bridgehead atoms. The molecule has 1 aliphatic rings. The number of benzene rings is 2. The van der Waals surface area contributed by atoms with Gasteiger partial charge in [-0.2, -0.15) is 9.97 Å². The molecule has 0 radical (unpaired) electrons. The van der Waals surface area contributed by atoms with E-state index >= 15 is 4.39 Å². The van der Waals surface area contributed by atoms with Crippen molar-refractivity contribution in [2.45, 2.75) is 31.0 Å². The number of hydrogen-bond donors (Lipinski definition) is 1. The Hall–Kier alpha value is -4.09. The van der Waals surface area contributed by atoms with Crippen LogP contribution in [0.4, 0.5) is 10.3 Å². The van der Waals surface area contributed by atoms with Crippen LogP contribution in [0.2, 0.25) is 5.15 Å². The zero-order chi connectivity index (χ0) is 26.2. The Bertz CT molecular complexity index is 1450. The van der Waals surface area contributed by atoms with Gasteiger partial charge in [-0.1, -0.05) is 48.0 Å². The van der Waals surface area contributed by atoms with E-state index in [2.05, 4.69) is 15.0 Å². The fraction of sp³-hybridized carbons (Fsp3) is 0.240. The maximum atomic E-state index is 16.5. The molecule has 12 heteroatoms. The van der Waals surface area contributed by atoms with Crippen LogP contribution in [-0.2, 0) is 14.2 Å². The van der Waals surface area contributed by atoms with Crippen molar-refractivity contribution in [1.29, 1.82) is 0 Å². The molecule has 2 aromatic carbocycles. The number of nitrogen functional groups attached to an aromatic ring is 1. The molecule has 2 aromatic heterocycles. The van der Waals surface area contributed by atoms with Crippen molar-refractivity contribution >= 4 is 40.7 Å². The second-order valence-corrected chi connectivity index (χ2v) is 8.89. The molecule has 1 fully saturated rings. The van der Waals surface area contributed by atoms with E-state index in [0.717, 1.165) is 0 Å². The molecule has 190 valence electrons. The van der Waals surface area contributed by atoms with Crippen LogP contribution < -0.4 is 5.73 Å². The van der Waals surface area contributed by atoms with Gasteiger partial charge in [0.15, 0.2) is 28.8 Å². The van der Waals surface area contributed by atoms with E-state index in [1.165, 1.54) is 17.8 Å². The van der Waals surface area contributed by atoms with E-state index in [-0.39, 0.29) is 34.4 Å². The normalized spacial score (nSPS) is 23.2. The van der Waals surface area contributed by atoms with Gasteiger partial charge in [-0.15, -0.1) is 0 Å². The van der Waals surface area contributed by atoms with Gasteiger partial charge >= 0.3 is 11.9 Å². The third-order valence-electron chi connectivity index (χ3n) is 5.96. The first-order valence-electron chi connectivity index (χ1n) is 11.2. The lowest BCUT2D eigenvalue weighted by Crippen LogP contribution is -2.44. The standard InChI is InChI=1S/C25H21ClFN5O5/c1-25(27)18(37-22(34)15-10-6-3-7-11-15)16(12-35-21(33)14-8-4-2-5-9-14)36-23(25)32-13-29-17-19(26)30-24(28)31-20(17)32/h2-11,13,16,18,23H,12H2,1H3,(H2,28,30,31)/t16?,18?,23?,25-/m1/s1. The summed E-state index contributed by atoms with van der Waals surface area (Å²) >= 11 is 6.12. The summed E-state index contributed by atoms with van der Waals surface area (Å²) in [5, 5.41) is -0.0137. The number of anilines is 1. The molecule has 4 aromatic rings. The predicted octanol–water partition coefficient (Wildman–Crippen LogP) is 3.77. The number of carbonyl (C=O) groups excluding carboxylic acids is 2. The van der Waals surface area contributed by atoms with Crippen molar-refractivity contribution in [2.75, 3.05) is 12.3 Å². The number of ether oxygens (including phenoxy) is 3. The topological polar surface area (TPSA) is 131 Å². The molecule has 1 saturated heterocycles. The monoisotopic (exact) mass is 525 g/mol. The minimum absolute atomic E-state index is 0.0137. The summed E-state index contributed by atoms with van der Waals surface area (Å²) in [7, 11) is 0. The smallest absolute Gasteiger partial charge is 0.338 e. The number of rotatable bonds is 6. The van der Waals surface area contributed by atoms with Gasteiger partial charge in [0.05, 0.1) is 17.5 Å². The van der Waals surface area contributed by atoms with Gasteiger partial charge in [-0.3, -0.25) is 4.57 Å². The summed E-state index contributed by atoms with van der Waals surface area (Å²) in [5.41, 5.74) is 4.26. The number of halogens is 2. The summed E-state index contributed by atoms with van der Waals surface area (Å²) < 4.78 is 34.8. The minimum Gasteiger partial charge on any atom is -0.459 e. The van der Waals surface area contributed by atoms with Gasteiger partial charge in [-0.05, 0) is 31.2 Å². The lowest BCUT2D eigenvalue weighted by atomic mass is 9.98. The molecule has 1 aliphatic heterocycles. The summed E-state index contributed by atoms with van der Waals surface area (Å²) in [6, 6.07) is 16.4. The van der Waals surface area contributed by atoms with Crippen LogP contribution in [0.15, 0.2) is 67.0 Å². The Balaban J connectivity index is 1.47. The Morgan fingerprint density at radius 3 is 2.35 bits per heavy atom. The van der Waals surface area contributed by atoms with Gasteiger partial charge in [0.2, 0.25) is 5.95 Å². The quantitative estimate of drug-likeness (QED) is 0.295. The lowest BCUT2D eigenvalue weighted by Gasteiger charge is -2.27. The van der Waals surface area contributed by atoms with Crippen LogP contribution in [0.5, 0.6) is 0 Å². The van der Waals surface area contributed by atoms with Crippen LogP contribution in [-0.4, -0.2) is 55.9 Å². The highest BCUT2D eigenvalue weighted by Crippen LogP contribution is 2.44. The van der Waals surface area contributed by atoms with Crippen molar-refractivity contribution in [3.63, 3.8) is 0 Å². The van der Waals surface area contributed by atoms with Gasteiger partial charge in [0, 0.05) is 0 Å². The van der Waals surface area contributed by atoms with E-state index in [9.17, 15) is 9.59 Å². The van der Waals surface area contributed by atoms with E-state index in [0.29, 0.717) is 5.56 Å². The average Bonchev–Trinajstić information content (AvgIpc) is 3.41. The molecule has 2 N–H and O–H groups in total. The maximum Gasteiger partial charge on any atom is 0.338 e. The molecule has 0 saturated carbocycles. The highest BCUT2D eigenvalue weighted by atomic mass is 35.5. The number of esters is 2. The first-order chi connectivity index (χ1) is 17.8. The van der Waals surface area contributed by atoms with Crippen LogP contribution >= 0.6 is 11.6 Å². The Labute approximate surface area is 215 Å². The number of fused-ring (bicyclic) bond motifs is 1. The molecule has 37 heavy (non-hydrogen) atoms. The molecule has 10 nitrogen and oxygen atoms in total. The van der Waals surface area contributed by atoms with Crippen LogP contribution in [0.1, 0.15) is 33.9 Å². The number of imidazole rings is 1. The predicted molar refractivity (Wildman–Crippen MR) is 131 cm³/mol. The third-order valence-corrected chi connectivity index (χ3v) is 6.22. The van der Waals surface area contributed by atoms with E-state index < -0.39 is 36.0 Å². The van der Waals surface area contributed by atoms with Crippen LogP contribution in [0.25, 0.3) is 11.2 Å². The molecule has 5 rings (SSSR count). The van der Waals surface area contributed by atoms with Crippen LogP contribution in [0.3, 0.4) is 0 Å². The highest BCUT2D eigenvalue weighted by Gasteiger charge is 2.58. The van der Waals surface area contributed by atoms with Gasteiger partial charge in [0.1, 0.15) is 18.2 Å². The van der Waals surface area contributed by atoms with Crippen molar-refractivity contribution in [3.8, 4) is 0 Å². The Morgan fingerprint density at radius 2 is 1.70 bits per heavy atom. The number of nitrogens with two attached hydrogens (primary N) is 1. The molecule has 0 amide bonds. The second-order valence-electron chi connectivity index (χ2n) is 8.53. The number of aromatic nitrogens is 4. The van der Waals surface area contributed by atoms with Gasteiger partial charge < -0.3 is 19.9 Å². The average molecular weight is 526 g/mol. The molecule has 4 atom stereocenters. The Kier molecular flexibility index (Phi) is 6.48. The molecular formula is C25H21ClFN5O5. The van der Waals surface area contributed by atoms with Crippen molar-refractivity contribution in [1.82, 2.24) is 19.5 Å². The number of alkyl halides is 1. The molecule has 3 unspecified atom stereocenters. The summed E-state index contributed by atoms with van der Waals surface area (Å²) in [6.45, 7) is 0.832. The maximum absolute atomic E-state index is 16.5. The van der Waals surface area contributed by atoms with E-state index in [1.54, 1.807) is 60.7 Å². The summed E-state index contributed by atoms with van der Waals surface area (Å²) in [6.07, 6.45) is -2.72. The minimum atomic E-state index is -2.31. The second kappa shape index (κ2) is 9.75. The summed E-state index contributed by atoms with van der Waals surface area (Å²) in [4.78, 5) is 37.5. The third kappa shape index (κ3) is 4.70. The number of carbonyl (C=O) groups is 2. The zero-order valence-electron chi connectivity index (χ0n) is 19.5. The highest BCUT2D eigenvalue weighted by molar-refractivity contribution is 6.33. The van der Waals surface area contributed by atoms with Crippen molar-refractivity contribution < 1.29 is 28.2 Å².